The largest absolute Gasteiger partial charge is 0.468 e. The molecule has 0 aromatic carbocycles. The number of alkyl halides is 4. The number of carbonyl (C=O) groups excluding carboxylic acids is 1. The Morgan fingerprint density at radius 3 is 2.71 bits per heavy atom. The third-order valence-electron chi connectivity index (χ3n) is 2.33. The van der Waals surface area contributed by atoms with Crippen LogP contribution >= 0.6 is 11.6 Å². The monoisotopic (exact) mass is 331 g/mol. The van der Waals surface area contributed by atoms with Crippen molar-refractivity contribution in [3.8, 4) is 0 Å². The third-order valence-corrected chi connectivity index (χ3v) is 2.69. The average molecular weight is 332 g/mol. The van der Waals surface area contributed by atoms with E-state index >= 15 is 0 Å². The fraction of sp³-hybridized carbons (Fsp3) is 0.500. The smallest absolute Gasteiger partial charge is 0.327 e. The highest BCUT2D eigenvalue weighted by atomic mass is 35.5. The van der Waals surface area contributed by atoms with Crippen molar-refractivity contribution in [2.24, 2.45) is 0 Å². The summed E-state index contributed by atoms with van der Waals surface area (Å²) in [5.41, 5.74) is -1.30. The number of esters is 1. The number of hydrogen-bond acceptors (Lipinski definition) is 5. The van der Waals surface area contributed by atoms with Crippen LogP contribution in [0.15, 0.2) is 11.0 Å². The van der Waals surface area contributed by atoms with Gasteiger partial charge in [-0.3, -0.25) is 9.59 Å². The number of nitrogens with one attached hydrogen (secondary N) is 1. The van der Waals surface area contributed by atoms with Gasteiger partial charge in [0.25, 0.3) is 5.56 Å². The summed E-state index contributed by atoms with van der Waals surface area (Å²) in [5.74, 6) is -5.06. The molecule has 0 atom stereocenters. The molecule has 0 unspecified atom stereocenters. The van der Waals surface area contributed by atoms with E-state index in [1.807, 2.05) is 5.32 Å². The summed E-state index contributed by atoms with van der Waals surface area (Å²) in [6.45, 7) is -1.95. The maximum Gasteiger partial charge on any atom is 0.327 e. The molecule has 1 rings (SSSR count). The molecule has 0 amide bonds. The lowest BCUT2D eigenvalue weighted by atomic mass is 10.3. The van der Waals surface area contributed by atoms with Gasteiger partial charge in [-0.05, 0) is 0 Å². The SMILES string of the molecule is COC(=O)Cn1ncc(NCC(F)(F)C(F)F)c(Cl)c1=O. The number of anilines is 1. The number of methoxy groups -OCH3 is 1. The first-order valence-electron chi connectivity index (χ1n) is 5.41. The molecule has 0 saturated carbocycles. The van der Waals surface area contributed by atoms with Gasteiger partial charge in [-0.15, -0.1) is 0 Å². The average Bonchev–Trinajstić information content (AvgIpc) is 2.42. The number of nitrogens with zero attached hydrogens (tertiary/aromatic N) is 2. The van der Waals surface area contributed by atoms with Crippen LogP contribution < -0.4 is 10.9 Å². The molecule has 0 radical (unpaired) electrons. The Balaban J connectivity index is 2.90. The number of carbonyl (C=O) groups is 1. The lowest BCUT2D eigenvalue weighted by molar-refractivity contribution is -0.141. The van der Waals surface area contributed by atoms with Gasteiger partial charge in [-0.25, -0.2) is 13.5 Å². The third kappa shape index (κ3) is 4.31. The lowest BCUT2D eigenvalue weighted by Crippen LogP contribution is -2.35. The minimum atomic E-state index is -4.29. The van der Waals surface area contributed by atoms with E-state index in [2.05, 4.69) is 9.84 Å². The van der Waals surface area contributed by atoms with Crippen molar-refractivity contribution in [2.45, 2.75) is 18.9 Å². The van der Waals surface area contributed by atoms with Gasteiger partial charge in [0.1, 0.15) is 11.6 Å². The summed E-state index contributed by atoms with van der Waals surface area (Å²) in [4.78, 5) is 22.7. The zero-order chi connectivity index (χ0) is 16.2. The Hall–Kier alpha value is -1.84. The minimum absolute atomic E-state index is 0.344. The Bertz CT molecular complexity index is 579. The Morgan fingerprint density at radius 2 is 2.19 bits per heavy atom. The van der Waals surface area contributed by atoms with Crippen molar-refractivity contribution in [1.82, 2.24) is 9.78 Å². The van der Waals surface area contributed by atoms with Crippen LogP contribution in [0.4, 0.5) is 23.2 Å². The van der Waals surface area contributed by atoms with Crippen LogP contribution in [0.5, 0.6) is 0 Å². The number of aromatic nitrogens is 2. The van der Waals surface area contributed by atoms with E-state index in [9.17, 15) is 27.2 Å². The van der Waals surface area contributed by atoms with Gasteiger partial charge in [0.2, 0.25) is 0 Å². The lowest BCUT2D eigenvalue weighted by Gasteiger charge is -2.17. The predicted molar refractivity (Wildman–Crippen MR) is 65.0 cm³/mol. The zero-order valence-electron chi connectivity index (χ0n) is 10.6. The number of hydrogen-bond donors (Lipinski definition) is 1. The summed E-state index contributed by atoms with van der Waals surface area (Å²) in [7, 11) is 1.09. The second-order valence-corrected chi connectivity index (χ2v) is 4.20. The molecule has 6 nitrogen and oxygen atoms in total. The molecule has 1 heterocycles. The van der Waals surface area contributed by atoms with Crippen LogP contribution in [-0.4, -0.2) is 41.8 Å². The molecule has 0 aliphatic heterocycles. The van der Waals surface area contributed by atoms with Gasteiger partial charge in [0.15, 0.2) is 0 Å². The fourth-order valence-electron chi connectivity index (χ4n) is 1.18. The number of ether oxygens (including phenoxy) is 1. The van der Waals surface area contributed by atoms with E-state index in [4.69, 9.17) is 11.6 Å². The highest BCUT2D eigenvalue weighted by Crippen LogP contribution is 2.24. The molecular formula is C10H10ClF4N3O3. The van der Waals surface area contributed by atoms with Gasteiger partial charge >= 0.3 is 18.3 Å². The van der Waals surface area contributed by atoms with E-state index in [0.29, 0.717) is 4.68 Å². The Morgan fingerprint density at radius 1 is 1.57 bits per heavy atom. The highest BCUT2D eigenvalue weighted by Gasteiger charge is 2.40. The molecule has 1 aromatic rings. The molecule has 0 aliphatic carbocycles. The maximum absolute atomic E-state index is 12.7. The highest BCUT2D eigenvalue weighted by molar-refractivity contribution is 6.32. The number of rotatable bonds is 6. The Labute approximate surface area is 120 Å². The Kier molecular flexibility index (Phi) is 5.53. The zero-order valence-corrected chi connectivity index (χ0v) is 11.3. The minimum Gasteiger partial charge on any atom is -0.468 e. The summed E-state index contributed by atoms with van der Waals surface area (Å²) in [6.07, 6.45) is -3.00. The summed E-state index contributed by atoms with van der Waals surface area (Å²) in [5, 5.41) is 4.86. The second-order valence-electron chi connectivity index (χ2n) is 3.83. The van der Waals surface area contributed by atoms with Crippen LogP contribution in [0.3, 0.4) is 0 Å². The first kappa shape index (κ1) is 17.2. The number of halogens is 5. The van der Waals surface area contributed by atoms with Crippen LogP contribution in [0.1, 0.15) is 0 Å². The van der Waals surface area contributed by atoms with Gasteiger partial charge < -0.3 is 10.1 Å². The van der Waals surface area contributed by atoms with E-state index in [1.165, 1.54) is 0 Å². The van der Waals surface area contributed by atoms with E-state index in [1.54, 1.807) is 0 Å². The van der Waals surface area contributed by atoms with Gasteiger partial charge in [-0.1, -0.05) is 11.6 Å². The van der Waals surface area contributed by atoms with Crippen molar-refractivity contribution < 1.29 is 27.1 Å². The van der Waals surface area contributed by atoms with Crippen molar-refractivity contribution in [3.05, 3.63) is 21.6 Å². The second kappa shape index (κ2) is 6.74. The molecule has 11 heteroatoms. The van der Waals surface area contributed by atoms with Crippen molar-refractivity contribution in [3.63, 3.8) is 0 Å². The topological polar surface area (TPSA) is 73.2 Å². The van der Waals surface area contributed by atoms with E-state index in [0.717, 1.165) is 13.3 Å². The first-order chi connectivity index (χ1) is 9.69. The van der Waals surface area contributed by atoms with Gasteiger partial charge in [0, 0.05) is 0 Å². The normalized spacial score (nSPS) is 11.6. The standard InChI is InChI=1S/C10H10ClF4N3O3/c1-21-6(19)3-18-8(20)7(11)5(2-17-18)16-4-10(14,15)9(12)13/h2,9,16H,3-4H2,1H3. The maximum atomic E-state index is 12.7. The molecule has 1 aromatic heterocycles. The molecule has 0 spiro atoms. The van der Waals surface area contributed by atoms with Crippen LogP contribution in [-0.2, 0) is 16.1 Å². The van der Waals surface area contributed by atoms with E-state index in [-0.39, 0.29) is 5.69 Å². The molecule has 21 heavy (non-hydrogen) atoms. The molecule has 118 valence electrons. The summed E-state index contributed by atoms with van der Waals surface area (Å²) < 4.78 is 54.4. The fourth-order valence-corrected chi connectivity index (χ4v) is 1.39. The quantitative estimate of drug-likeness (QED) is 0.630. The van der Waals surface area contributed by atoms with Crippen molar-refractivity contribution >= 4 is 23.3 Å². The molecule has 0 aliphatic rings. The van der Waals surface area contributed by atoms with Crippen molar-refractivity contribution in [1.29, 1.82) is 0 Å². The van der Waals surface area contributed by atoms with Crippen LogP contribution in [0.25, 0.3) is 0 Å². The molecule has 1 N–H and O–H groups in total. The molecule has 0 fully saturated rings. The van der Waals surface area contributed by atoms with Crippen molar-refractivity contribution in [2.75, 3.05) is 19.0 Å². The predicted octanol–water partition coefficient (Wildman–Crippen LogP) is 1.38. The molecule has 0 saturated heterocycles. The first-order valence-corrected chi connectivity index (χ1v) is 5.79. The van der Waals surface area contributed by atoms with Gasteiger partial charge in [0.05, 0.1) is 25.5 Å². The molecule has 0 bridgehead atoms. The van der Waals surface area contributed by atoms with Crippen LogP contribution in [0, 0.1) is 0 Å². The van der Waals surface area contributed by atoms with Crippen LogP contribution in [0.2, 0.25) is 5.02 Å². The summed E-state index contributed by atoms with van der Waals surface area (Å²) in [6, 6.07) is 0. The summed E-state index contributed by atoms with van der Waals surface area (Å²) >= 11 is 5.61. The van der Waals surface area contributed by atoms with E-state index < -0.39 is 42.0 Å². The molecular weight excluding hydrogens is 322 g/mol. The van der Waals surface area contributed by atoms with Gasteiger partial charge in [-0.2, -0.15) is 13.9 Å².